The summed E-state index contributed by atoms with van der Waals surface area (Å²) < 4.78 is 1.69. The molecule has 3 N–H and O–H groups in total. The summed E-state index contributed by atoms with van der Waals surface area (Å²) in [4.78, 5) is 27.3. The van der Waals surface area contributed by atoms with Gasteiger partial charge in [0.15, 0.2) is 5.82 Å². The zero-order valence-electron chi connectivity index (χ0n) is 10.6. The molecule has 1 aliphatic carbocycles. The summed E-state index contributed by atoms with van der Waals surface area (Å²) in [5.41, 5.74) is 4.43. The molecule has 1 saturated carbocycles. The van der Waals surface area contributed by atoms with Crippen molar-refractivity contribution in [3.05, 3.63) is 22.7 Å². The lowest BCUT2D eigenvalue weighted by Crippen LogP contribution is -2.38. The first-order valence-corrected chi connectivity index (χ1v) is 6.03. The first kappa shape index (κ1) is 12.6. The van der Waals surface area contributed by atoms with Crippen LogP contribution in [0.3, 0.4) is 0 Å². The van der Waals surface area contributed by atoms with Gasteiger partial charge in [-0.1, -0.05) is 0 Å². The number of nitrogens with zero attached hydrogens (tertiary/aromatic N) is 2. The van der Waals surface area contributed by atoms with E-state index in [1.807, 2.05) is 0 Å². The fraction of sp³-hybridized carbons (Fsp3) is 0.583. The Morgan fingerprint density at radius 3 is 2.83 bits per heavy atom. The second-order valence-electron chi connectivity index (χ2n) is 5.32. The normalized spacial score (nSPS) is 15.4. The topological polar surface area (TPSA) is 90.0 Å². The summed E-state index contributed by atoms with van der Waals surface area (Å²) in [6.45, 7) is 3.74. The Hall–Kier alpha value is -1.85. The molecule has 6 heteroatoms. The Balaban J connectivity index is 2.13. The van der Waals surface area contributed by atoms with Crippen LogP contribution in [0.1, 0.15) is 32.7 Å². The Morgan fingerprint density at radius 2 is 2.28 bits per heavy atom. The second kappa shape index (κ2) is 4.44. The van der Waals surface area contributed by atoms with Crippen LogP contribution in [0.2, 0.25) is 0 Å². The summed E-state index contributed by atoms with van der Waals surface area (Å²) in [5.74, 6) is -0.132. The van der Waals surface area contributed by atoms with Gasteiger partial charge in [-0.2, -0.15) is 0 Å². The van der Waals surface area contributed by atoms with E-state index >= 15 is 0 Å². The van der Waals surface area contributed by atoms with E-state index in [0.29, 0.717) is 12.6 Å². The van der Waals surface area contributed by atoms with Crippen LogP contribution < -0.4 is 16.6 Å². The SMILES string of the molecule is CC(C)(CNc1nccn(C2CC2)c1=O)C(N)=O. The Morgan fingerprint density at radius 1 is 1.61 bits per heavy atom. The number of hydrogen-bond acceptors (Lipinski definition) is 4. The fourth-order valence-corrected chi connectivity index (χ4v) is 1.58. The molecule has 1 aromatic heterocycles. The third-order valence-corrected chi connectivity index (χ3v) is 3.17. The average molecular weight is 250 g/mol. The molecule has 1 fully saturated rings. The summed E-state index contributed by atoms with van der Waals surface area (Å²) in [7, 11) is 0. The van der Waals surface area contributed by atoms with E-state index in [1.165, 1.54) is 0 Å². The van der Waals surface area contributed by atoms with Crippen molar-refractivity contribution >= 4 is 11.7 Å². The van der Waals surface area contributed by atoms with E-state index < -0.39 is 11.3 Å². The number of hydrogen-bond donors (Lipinski definition) is 2. The van der Waals surface area contributed by atoms with Crippen molar-refractivity contribution in [1.82, 2.24) is 9.55 Å². The summed E-state index contributed by atoms with van der Waals surface area (Å²) >= 11 is 0. The number of carbonyl (C=O) groups excluding carboxylic acids is 1. The van der Waals surface area contributed by atoms with E-state index in [0.717, 1.165) is 12.8 Å². The van der Waals surface area contributed by atoms with Gasteiger partial charge in [0, 0.05) is 25.0 Å². The van der Waals surface area contributed by atoms with Crippen molar-refractivity contribution in [2.45, 2.75) is 32.7 Å². The zero-order chi connectivity index (χ0) is 13.3. The van der Waals surface area contributed by atoms with Crippen molar-refractivity contribution in [1.29, 1.82) is 0 Å². The molecule has 0 aromatic carbocycles. The smallest absolute Gasteiger partial charge is 0.293 e. The minimum Gasteiger partial charge on any atom is -0.369 e. The molecule has 0 radical (unpaired) electrons. The molecule has 98 valence electrons. The van der Waals surface area contributed by atoms with E-state index in [4.69, 9.17) is 5.73 Å². The van der Waals surface area contributed by atoms with Gasteiger partial charge in [0.1, 0.15) is 0 Å². The van der Waals surface area contributed by atoms with Crippen LogP contribution in [0.5, 0.6) is 0 Å². The van der Waals surface area contributed by atoms with E-state index in [2.05, 4.69) is 10.3 Å². The lowest BCUT2D eigenvalue weighted by Gasteiger charge is -2.20. The number of aromatic nitrogens is 2. The molecule has 0 atom stereocenters. The van der Waals surface area contributed by atoms with Crippen molar-refractivity contribution in [3.63, 3.8) is 0 Å². The number of rotatable bonds is 5. The van der Waals surface area contributed by atoms with Crippen molar-refractivity contribution in [2.24, 2.45) is 11.1 Å². The molecular formula is C12H18N4O2. The van der Waals surface area contributed by atoms with Crippen LogP contribution in [0.25, 0.3) is 0 Å². The van der Waals surface area contributed by atoms with Crippen molar-refractivity contribution < 1.29 is 4.79 Å². The summed E-state index contributed by atoms with van der Waals surface area (Å²) in [6, 6.07) is 0.310. The standard InChI is InChI=1S/C12H18N4O2/c1-12(2,11(13)18)7-15-9-10(17)16(6-5-14-9)8-3-4-8/h5-6,8H,3-4,7H2,1-2H3,(H2,13,18)(H,14,15). The number of amides is 1. The molecule has 0 spiro atoms. The molecule has 1 heterocycles. The zero-order valence-corrected chi connectivity index (χ0v) is 10.6. The molecule has 0 saturated heterocycles. The lowest BCUT2D eigenvalue weighted by molar-refractivity contribution is -0.125. The highest BCUT2D eigenvalue weighted by Gasteiger charge is 2.27. The molecule has 1 aliphatic rings. The van der Waals surface area contributed by atoms with Crippen LogP contribution in [0.15, 0.2) is 17.2 Å². The Bertz CT molecular complexity index is 517. The van der Waals surface area contributed by atoms with Crippen LogP contribution in [0.4, 0.5) is 5.82 Å². The van der Waals surface area contributed by atoms with Crippen molar-refractivity contribution in [2.75, 3.05) is 11.9 Å². The summed E-state index contributed by atoms with van der Waals surface area (Å²) in [5, 5.41) is 2.91. The highest BCUT2D eigenvalue weighted by molar-refractivity contribution is 5.80. The average Bonchev–Trinajstić information content (AvgIpc) is 3.11. The van der Waals surface area contributed by atoms with Gasteiger partial charge >= 0.3 is 0 Å². The van der Waals surface area contributed by atoms with Gasteiger partial charge < -0.3 is 15.6 Å². The summed E-state index contributed by atoms with van der Waals surface area (Å²) in [6.07, 6.45) is 5.37. The fourth-order valence-electron chi connectivity index (χ4n) is 1.58. The molecule has 2 rings (SSSR count). The van der Waals surface area contributed by atoms with Crippen LogP contribution in [-0.4, -0.2) is 22.0 Å². The minimum absolute atomic E-state index is 0.139. The Kier molecular flexibility index (Phi) is 3.11. The van der Waals surface area contributed by atoms with Crippen molar-refractivity contribution in [3.8, 4) is 0 Å². The predicted octanol–water partition coefficient (Wildman–Crippen LogP) is 0.502. The number of nitrogens with two attached hydrogens (primary N) is 1. The first-order valence-electron chi connectivity index (χ1n) is 6.03. The third-order valence-electron chi connectivity index (χ3n) is 3.17. The van der Waals surface area contributed by atoms with E-state index in [9.17, 15) is 9.59 Å². The van der Waals surface area contributed by atoms with Gasteiger partial charge in [-0.15, -0.1) is 0 Å². The predicted molar refractivity (Wildman–Crippen MR) is 68.2 cm³/mol. The van der Waals surface area contributed by atoms with Gasteiger partial charge in [-0.05, 0) is 26.7 Å². The second-order valence-corrected chi connectivity index (χ2v) is 5.32. The maximum Gasteiger partial charge on any atom is 0.293 e. The number of primary amides is 1. The highest BCUT2D eigenvalue weighted by Crippen LogP contribution is 2.33. The molecule has 0 unspecified atom stereocenters. The van der Waals surface area contributed by atoms with Gasteiger partial charge in [-0.25, -0.2) is 4.98 Å². The molecule has 18 heavy (non-hydrogen) atoms. The highest BCUT2D eigenvalue weighted by atomic mass is 16.1. The number of nitrogens with one attached hydrogen (secondary N) is 1. The number of anilines is 1. The van der Waals surface area contributed by atoms with E-state index in [1.54, 1.807) is 30.8 Å². The third kappa shape index (κ3) is 2.52. The maximum atomic E-state index is 12.1. The number of carbonyl (C=O) groups is 1. The van der Waals surface area contributed by atoms with Gasteiger partial charge in [-0.3, -0.25) is 9.59 Å². The lowest BCUT2D eigenvalue weighted by atomic mass is 9.93. The molecule has 1 aromatic rings. The molecule has 6 nitrogen and oxygen atoms in total. The Labute approximate surface area is 105 Å². The van der Waals surface area contributed by atoms with Crippen LogP contribution in [0, 0.1) is 5.41 Å². The van der Waals surface area contributed by atoms with Crippen LogP contribution >= 0.6 is 0 Å². The van der Waals surface area contributed by atoms with Crippen LogP contribution in [-0.2, 0) is 4.79 Å². The molecule has 0 bridgehead atoms. The molecular weight excluding hydrogens is 232 g/mol. The largest absolute Gasteiger partial charge is 0.369 e. The maximum absolute atomic E-state index is 12.1. The van der Waals surface area contributed by atoms with Gasteiger partial charge in [0.25, 0.3) is 5.56 Å². The quantitative estimate of drug-likeness (QED) is 0.796. The molecule has 1 amide bonds. The minimum atomic E-state index is -0.714. The van der Waals surface area contributed by atoms with Gasteiger partial charge in [0.2, 0.25) is 5.91 Å². The first-order chi connectivity index (χ1) is 8.42. The van der Waals surface area contributed by atoms with E-state index in [-0.39, 0.29) is 11.4 Å². The van der Waals surface area contributed by atoms with Gasteiger partial charge in [0.05, 0.1) is 5.41 Å². The molecule has 0 aliphatic heterocycles. The monoisotopic (exact) mass is 250 g/mol.